The number of aromatic nitrogens is 2. The van der Waals surface area contributed by atoms with E-state index in [0.717, 1.165) is 61.1 Å². The maximum Gasteiger partial charge on any atom is 0.321 e. The molecular weight excluding hydrogens is 402 g/mol. The van der Waals surface area contributed by atoms with Crippen molar-refractivity contribution in [3.8, 4) is 11.4 Å². The van der Waals surface area contributed by atoms with Crippen LogP contribution in [0.25, 0.3) is 5.69 Å². The summed E-state index contributed by atoms with van der Waals surface area (Å²) in [6.45, 7) is 8.06. The fourth-order valence-electron chi connectivity index (χ4n) is 4.15. The molecule has 7 heteroatoms. The number of carbonyl (C=O) groups is 1. The number of methoxy groups -OCH3 is 1. The van der Waals surface area contributed by atoms with Crippen LogP contribution in [0.3, 0.4) is 0 Å². The zero-order chi connectivity index (χ0) is 22.5. The summed E-state index contributed by atoms with van der Waals surface area (Å²) in [5.74, 6) is 0.869. The first-order chi connectivity index (χ1) is 15.5. The maximum absolute atomic E-state index is 13.1. The number of para-hydroxylation sites is 1. The number of hydrogen-bond donors (Lipinski definition) is 1. The standard InChI is InChI=1S/C25H31N5O2/c1-19-24(20(2)30(27-19)22-8-5-4-6-9-22)26-25(31)29-15-7-14-28(16-17-29)18-21-10-12-23(32-3)13-11-21/h4-6,8-13H,7,14-18H2,1-3H3,(H,26,31). The van der Waals surface area contributed by atoms with Crippen LogP contribution in [0, 0.1) is 13.8 Å². The monoisotopic (exact) mass is 433 g/mol. The molecular formula is C25H31N5O2. The van der Waals surface area contributed by atoms with Gasteiger partial charge in [0, 0.05) is 32.7 Å². The second-order valence-corrected chi connectivity index (χ2v) is 8.19. The molecule has 0 aliphatic carbocycles. The first-order valence-corrected chi connectivity index (χ1v) is 11.1. The summed E-state index contributed by atoms with van der Waals surface area (Å²) >= 11 is 0. The number of carbonyl (C=O) groups excluding carboxylic acids is 1. The van der Waals surface area contributed by atoms with Crippen LogP contribution in [-0.2, 0) is 6.54 Å². The van der Waals surface area contributed by atoms with Gasteiger partial charge in [-0.3, -0.25) is 4.90 Å². The zero-order valence-corrected chi connectivity index (χ0v) is 19.0. The molecule has 0 radical (unpaired) electrons. The van der Waals surface area contributed by atoms with Crippen molar-refractivity contribution in [1.29, 1.82) is 0 Å². The van der Waals surface area contributed by atoms with Gasteiger partial charge in [-0.1, -0.05) is 30.3 Å². The van der Waals surface area contributed by atoms with Crippen LogP contribution in [0.2, 0.25) is 0 Å². The average Bonchev–Trinajstić information content (AvgIpc) is 2.97. The van der Waals surface area contributed by atoms with Crippen molar-refractivity contribution < 1.29 is 9.53 Å². The number of rotatable bonds is 5. The molecule has 0 saturated carbocycles. The predicted octanol–water partition coefficient (Wildman–Crippen LogP) is 4.24. The third-order valence-corrected chi connectivity index (χ3v) is 5.96. The van der Waals surface area contributed by atoms with E-state index in [2.05, 4.69) is 27.4 Å². The Labute approximate surface area is 189 Å². The zero-order valence-electron chi connectivity index (χ0n) is 19.0. The fourth-order valence-corrected chi connectivity index (χ4v) is 4.15. The van der Waals surface area contributed by atoms with Gasteiger partial charge in [0.15, 0.2) is 0 Å². The SMILES string of the molecule is COc1ccc(CN2CCCN(C(=O)Nc3c(C)nn(-c4ccccc4)c3C)CC2)cc1. The Balaban J connectivity index is 1.38. The van der Waals surface area contributed by atoms with Crippen molar-refractivity contribution in [3.63, 3.8) is 0 Å². The fraction of sp³-hybridized carbons (Fsp3) is 0.360. The Morgan fingerprint density at radius 1 is 1.00 bits per heavy atom. The first-order valence-electron chi connectivity index (χ1n) is 11.1. The highest BCUT2D eigenvalue weighted by molar-refractivity contribution is 5.90. The minimum absolute atomic E-state index is 0.0601. The van der Waals surface area contributed by atoms with Crippen molar-refractivity contribution in [2.24, 2.45) is 0 Å². The predicted molar refractivity (Wildman–Crippen MR) is 127 cm³/mol. The Morgan fingerprint density at radius 2 is 1.75 bits per heavy atom. The van der Waals surface area contributed by atoms with Crippen LogP contribution >= 0.6 is 0 Å². The molecule has 1 N–H and O–H groups in total. The van der Waals surface area contributed by atoms with E-state index in [9.17, 15) is 4.79 Å². The van der Waals surface area contributed by atoms with E-state index in [-0.39, 0.29) is 6.03 Å². The van der Waals surface area contributed by atoms with Crippen molar-refractivity contribution in [1.82, 2.24) is 19.6 Å². The molecule has 1 saturated heterocycles. The highest BCUT2D eigenvalue weighted by Crippen LogP contribution is 2.23. The van der Waals surface area contributed by atoms with Crippen LogP contribution in [-0.4, -0.2) is 58.9 Å². The molecule has 4 rings (SSSR count). The molecule has 7 nitrogen and oxygen atoms in total. The topological polar surface area (TPSA) is 62.6 Å². The van der Waals surface area contributed by atoms with Gasteiger partial charge in [-0.05, 0) is 50.1 Å². The van der Waals surface area contributed by atoms with Gasteiger partial charge in [-0.15, -0.1) is 0 Å². The van der Waals surface area contributed by atoms with Gasteiger partial charge in [0.1, 0.15) is 5.75 Å². The Kier molecular flexibility index (Phi) is 6.75. The normalized spacial score (nSPS) is 14.8. The lowest BCUT2D eigenvalue weighted by Gasteiger charge is -2.22. The van der Waals surface area contributed by atoms with Crippen LogP contribution < -0.4 is 10.1 Å². The minimum Gasteiger partial charge on any atom is -0.497 e. The Morgan fingerprint density at radius 3 is 2.47 bits per heavy atom. The Hall–Kier alpha value is -3.32. The van der Waals surface area contributed by atoms with E-state index in [1.54, 1.807) is 7.11 Å². The molecule has 1 aromatic heterocycles. The second kappa shape index (κ2) is 9.87. The van der Waals surface area contributed by atoms with Crippen LogP contribution in [0.5, 0.6) is 5.75 Å². The number of urea groups is 1. The van der Waals surface area contributed by atoms with Gasteiger partial charge in [-0.25, -0.2) is 9.48 Å². The molecule has 0 spiro atoms. The lowest BCUT2D eigenvalue weighted by Crippen LogP contribution is -2.38. The van der Waals surface area contributed by atoms with Crippen LogP contribution in [0.4, 0.5) is 10.5 Å². The second-order valence-electron chi connectivity index (χ2n) is 8.19. The molecule has 2 amide bonds. The molecule has 1 fully saturated rings. The van der Waals surface area contributed by atoms with Crippen molar-refractivity contribution in [2.75, 3.05) is 38.6 Å². The van der Waals surface area contributed by atoms with E-state index in [1.165, 1.54) is 5.56 Å². The lowest BCUT2D eigenvalue weighted by molar-refractivity contribution is 0.211. The highest BCUT2D eigenvalue weighted by Gasteiger charge is 2.22. The number of aryl methyl sites for hydroxylation is 1. The first kappa shape index (κ1) is 21.9. The van der Waals surface area contributed by atoms with Gasteiger partial charge in [0.2, 0.25) is 0 Å². The molecule has 1 aliphatic rings. The number of benzene rings is 2. The summed E-state index contributed by atoms with van der Waals surface area (Å²) in [5.41, 5.74) is 4.77. The van der Waals surface area contributed by atoms with E-state index in [1.807, 2.05) is 65.9 Å². The minimum atomic E-state index is -0.0601. The van der Waals surface area contributed by atoms with E-state index in [4.69, 9.17) is 4.74 Å². The number of amides is 2. The van der Waals surface area contributed by atoms with Gasteiger partial charge >= 0.3 is 6.03 Å². The summed E-state index contributed by atoms with van der Waals surface area (Å²) in [6.07, 6.45) is 0.949. The quantitative estimate of drug-likeness (QED) is 0.654. The van der Waals surface area contributed by atoms with Gasteiger partial charge < -0.3 is 15.0 Å². The van der Waals surface area contributed by atoms with Crippen molar-refractivity contribution in [2.45, 2.75) is 26.8 Å². The molecule has 0 atom stereocenters. The summed E-state index contributed by atoms with van der Waals surface area (Å²) in [4.78, 5) is 17.4. The van der Waals surface area contributed by atoms with E-state index in [0.29, 0.717) is 6.54 Å². The molecule has 3 aromatic rings. The van der Waals surface area contributed by atoms with E-state index >= 15 is 0 Å². The average molecular weight is 434 g/mol. The lowest BCUT2D eigenvalue weighted by atomic mass is 10.2. The molecule has 168 valence electrons. The van der Waals surface area contributed by atoms with Gasteiger partial charge in [0.05, 0.1) is 29.9 Å². The maximum atomic E-state index is 13.1. The molecule has 0 bridgehead atoms. The molecule has 1 aliphatic heterocycles. The van der Waals surface area contributed by atoms with Crippen molar-refractivity contribution >= 4 is 11.7 Å². The molecule has 0 unspecified atom stereocenters. The number of nitrogens with zero attached hydrogens (tertiary/aromatic N) is 4. The summed E-state index contributed by atoms with van der Waals surface area (Å²) < 4.78 is 7.12. The van der Waals surface area contributed by atoms with Crippen LogP contribution in [0.15, 0.2) is 54.6 Å². The largest absolute Gasteiger partial charge is 0.497 e. The smallest absolute Gasteiger partial charge is 0.321 e. The van der Waals surface area contributed by atoms with Gasteiger partial charge in [0.25, 0.3) is 0 Å². The Bertz CT molecular complexity index is 1050. The van der Waals surface area contributed by atoms with Gasteiger partial charge in [-0.2, -0.15) is 5.10 Å². The van der Waals surface area contributed by atoms with Crippen LogP contribution in [0.1, 0.15) is 23.4 Å². The summed E-state index contributed by atoms with van der Waals surface area (Å²) in [5, 5.41) is 7.75. The number of hydrogen-bond acceptors (Lipinski definition) is 4. The third-order valence-electron chi connectivity index (χ3n) is 5.96. The summed E-state index contributed by atoms with van der Waals surface area (Å²) in [7, 11) is 1.68. The van der Waals surface area contributed by atoms with Crippen molar-refractivity contribution in [3.05, 3.63) is 71.5 Å². The number of ether oxygens (including phenoxy) is 1. The highest BCUT2D eigenvalue weighted by atomic mass is 16.5. The number of anilines is 1. The number of nitrogens with one attached hydrogen (secondary N) is 1. The molecule has 2 aromatic carbocycles. The molecule has 2 heterocycles. The molecule has 32 heavy (non-hydrogen) atoms. The van der Waals surface area contributed by atoms with E-state index < -0.39 is 0 Å². The summed E-state index contributed by atoms with van der Waals surface area (Å²) in [6, 6.07) is 18.1. The third kappa shape index (κ3) is 4.94.